The molecule has 0 aromatic heterocycles. The van der Waals surface area contributed by atoms with Crippen molar-refractivity contribution in [3.63, 3.8) is 0 Å². The van der Waals surface area contributed by atoms with Crippen LogP contribution in [0.3, 0.4) is 0 Å². The van der Waals surface area contributed by atoms with E-state index in [0.717, 1.165) is 19.0 Å². The average molecular weight is 260 g/mol. The van der Waals surface area contributed by atoms with Crippen LogP contribution < -0.4 is 10.6 Å². The molecule has 0 radical (unpaired) electrons. The van der Waals surface area contributed by atoms with Crippen molar-refractivity contribution >= 4 is 0 Å². The Bertz CT molecular complexity index is 352. The van der Waals surface area contributed by atoms with Crippen LogP contribution >= 0.6 is 0 Å². The number of piperidine rings is 1. The molecule has 2 nitrogen and oxygen atoms in total. The Morgan fingerprint density at radius 2 is 1.89 bits per heavy atom. The molecule has 0 spiro atoms. The second-order valence-corrected chi connectivity index (χ2v) is 5.88. The van der Waals surface area contributed by atoms with Gasteiger partial charge in [0.15, 0.2) is 0 Å². The molecule has 2 rings (SSSR count). The molecule has 1 fully saturated rings. The van der Waals surface area contributed by atoms with Gasteiger partial charge in [0.2, 0.25) is 0 Å². The van der Waals surface area contributed by atoms with E-state index in [2.05, 4.69) is 48.7 Å². The maximum Gasteiger partial charge on any atom is 0.0205 e. The predicted molar refractivity (Wildman–Crippen MR) is 82.4 cm³/mol. The predicted octanol–water partition coefficient (Wildman–Crippen LogP) is 3.29. The van der Waals surface area contributed by atoms with Crippen molar-refractivity contribution in [1.82, 2.24) is 10.6 Å². The fraction of sp³-hybridized carbons (Fsp3) is 0.647. The zero-order chi connectivity index (χ0) is 13.5. The van der Waals surface area contributed by atoms with E-state index in [1.54, 1.807) is 0 Å². The summed E-state index contributed by atoms with van der Waals surface area (Å²) in [6, 6.07) is 9.12. The fourth-order valence-corrected chi connectivity index (χ4v) is 2.71. The van der Waals surface area contributed by atoms with Crippen molar-refractivity contribution in [2.45, 2.75) is 45.6 Å². The Labute approximate surface area is 118 Å². The first-order valence-electron chi connectivity index (χ1n) is 7.80. The second-order valence-electron chi connectivity index (χ2n) is 5.88. The summed E-state index contributed by atoms with van der Waals surface area (Å²) in [7, 11) is 0. The lowest BCUT2D eigenvalue weighted by Crippen LogP contribution is -2.33. The molecule has 1 aliphatic rings. The van der Waals surface area contributed by atoms with Crippen LogP contribution in [0.25, 0.3) is 0 Å². The minimum Gasteiger partial charge on any atom is -0.317 e. The van der Waals surface area contributed by atoms with E-state index in [0.29, 0.717) is 5.92 Å². The number of rotatable bonds is 6. The molecule has 1 aromatic carbocycles. The van der Waals surface area contributed by atoms with Crippen LogP contribution in [0.5, 0.6) is 0 Å². The molecule has 2 N–H and O–H groups in total. The maximum atomic E-state index is 3.61. The molecule has 1 heterocycles. The largest absolute Gasteiger partial charge is 0.317 e. The summed E-state index contributed by atoms with van der Waals surface area (Å²) in [4.78, 5) is 0. The van der Waals surface area contributed by atoms with Gasteiger partial charge in [0.25, 0.3) is 0 Å². The Hall–Kier alpha value is -0.860. The summed E-state index contributed by atoms with van der Waals surface area (Å²) in [6.07, 6.45) is 3.85. The lowest BCUT2D eigenvalue weighted by Gasteiger charge is -2.22. The Morgan fingerprint density at radius 3 is 2.53 bits per heavy atom. The third-order valence-electron chi connectivity index (χ3n) is 4.38. The molecule has 106 valence electrons. The normalized spacial score (nSPS) is 18.4. The summed E-state index contributed by atoms with van der Waals surface area (Å²) >= 11 is 0. The van der Waals surface area contributed by atoms with Gasteiger partial charge in [0.05, 0.1) is 0 Å². The molecule has 19 heavy (non-hydrogen) atoms. The van der Waals surface area contributed by atoms with Crippen molar-refractivity contribution in [3.05, 3.63) is 35.4 Å². The molecule has 1 atom stereocenters. The summed E-state index contributed by atoms with van der Waals surface area (Å²) in [5.41, 5.74) is 2.87. The lowest BCUT2D eigenvalue weighted by molar-refractivity contribution is 0.356. The van der Waals surface area contributed by atoms with Crippen LogP contribution in [0.1, 0.15) is 50.2 Å². The highest BCUT2D eigenvalue weighted by Gasteiger charge is 2.11. The molecule has 0 amide bonds. The van der Waals surface area contributed by atoms with Gasteiger partial charge in [-0.2, -0.15) is 0 Å². The lowest BCUT2D eigenvalue weighted by atomic mass is 9.97. The van der Waals surface area contributed by atoms with E-state index >= 15 is 0 Å². The van der Waals surface area contributed by atoms with E-state index in [1.807, 2.05) is 0 Å². The summed E-state index contributed by atoms with van der Waals surface area (Å²) in [6.45, 7) is 9.09. The van der Waals surface area contributed by atoms with E-state index in [-0.39, 0.29) is 0 Å². The molecule has 1 unspecified atom stereocenters. The summed E-state index contributed by atoms with van der Waals surface area (Å²) in [5.74, 6) is 1.54. The van der Waals surface area contributed by atoms with E-state index in [4.69, 9.17) is 0 Å². The second kappa shape index (κ2) is 7.66. The topological polar surface area (TPSA) is 24.1 Å². The molecule has 2 heteroatoms. The number of benzene rings is 1. The zero-order valence-electron chi connectivity index (χ0n) is 12.4. The molecule has 0 bridgehead atoms. The molecular weight excluding hydrogens is 232 g/mol. The van der Waals surface area contributed by atoms with Crippen molar-refractivity contribution in [1.29, 1.82) is 0 Å². The quantitative estimate of drug-likeness (QED) is 0.820. The van der Waals surface area contributed by atoms with Gasteiger partial charge < -0.3 is 10.6 Å². The van der Waals surface area contributed by atoms with E-state index in [1.165, 1.54) is 43.5 Å². The molecule has 1 aliphatic heterocycles. The zero-order valence-corrected chi connectivity index (χ0v) is 12.4. The van der Waals surface area contributed by atoms with Crippen molar-refractivity contribution in [2.75, 3.05) is 19.6 Å². The number of hydrogen-bond donors (Lipinski definition) is 2. The standard InChI is InChI=1S/C17H28N2/c1-3-14(2)17-6-4-15(5-7-17)12-19-13-16-8-10-18-11-9-16/h4-7,14,16,18-19H,3,8-13H2,1-2H3. The van der Waals surface area contributed by atoms with E-state index < -0.39 is 0 Å². The Morgan fingerprint density at radius 1 is 1.21 bits per heavy atom. The smallest absolute Gasteiger partial charge is 0.0205 e. The van der Waals surface area contributed by atoms with Crippen molar-refractivity contribution < 1.29 is 0 Å². The Kier molecular flexibility index (Phi) is 5.87. The first kappa shape index (κ1) is 14.5. The third-order valence-corrected chi connectivity index (χ3v) is 4.38. The monoisotopic (exact) mass is 260 g/mol. The summed E-state index contributed by atoms with van der Waals surface area (Å²) < 4.78 is 0. The third kappa shape index (κ3) is 4.63. The van der Waals surface area contributed by atoms with Gasteiger partial charge in [-0.15, -0.1) is 0 Å². The molecule has 1 saturated heterocycles. The van der Waals surface area contributed by atoms with Crippen molar-refractivity contribution in [3.8, 4) is 0 Å². The van der Waals surface area contributed by atoms with E-state index in [9.17, 15) is 0 Å². The van der Waals surface area contributed by atoms with Crippen LogP contribution in [0.2, 0.25) is 0 Å². The van der Waals surface area contributed by atoms with Gasteiger partial charge in [-0.1, -0.05) is 38.1 Å². The van der Waals surface area contributed by atoms with Gasteiger partial charge in [0, 0.05) is 6.54 Å². The highest BCUT2D eigenvalue weighted by atomic mass is 14.9. The van der Waals surface area contributed by atoms with Gasteiger partial charge in [-0.05, 0) is 61.9 Å². The first-order valence-corrected chi connectivity index (χ1v) is 7.80. The molecule has 1 aromatic rings. The molecular formula is C17H28N2. The number of nitrogens with one attached hydrogen (secondary N) is 2. The highest BCUT2D eigenvalue weighted by Crippen LogP contribution is 2.18. The number of hydrogen-bond acceptors (Lipinski definition) is 2. The average Bonchev–Trinajstić information content (AvgIpc) is 2.48. The van der Waals surface area contributed by atoms with Gasteiger partial charge >= 0.3 is 0 Å². The van der Waals surface area contributed by atoms with Gasteiger partial charge in [0.1, 0.15) is 0 Å². The highest BCUT2D eigenvalue weighted by molar-refractivity contribution is 5.24. The minimum absolute atomic E-state index is 0.678. The molecule has 0 saturated carbocycles. The van der Waals surface area contributed by atoms with Crippen LogP contribution in [-0.4, -0.2) is 19.6 Å². The minimum atomic E-state index is 0.678. The van der Waals surface area contributed by atoms with Gasteiger partial charge in [-0.3, -0.25) is 0 Å². The fourth-order valence-electron chi connectivity index (χ4n) is 2.71. The van der Waals surface area contributed by atoms with Crippen LogP contribution in [0.15, 0.2) is 24.3 Å². The van der Waals surface area contributed by atoms with Gasteiger partial charge in [-0.25, -0.2) is 0 Å². The van der Waals surface area contributed by atoms with Crippen LogP contribution in [0.4, 0.5) is 0 Å². The van der Waals surface area contributed by atoms with Crippen LogP contribution in [0, 0.1) is 5.92 Å². The van der Waals surface area contributed by atoms with Crippen molar-refractivity contribution in [2.24, 2.45) is 5.92 Å². The molecule has 0 aliphatic carbocycles. The summed E-state index contributed by atoms with van der Waals surface area (Å²) in [5, 5.41) is 7.02. The SMILES string of the molecule is CCC(C)c1ccc(CNCC2CCNCC2)cc1. The first-order chi connectivity index (χ1) is 9.29. The van der Waals surface area contributed by atoms with Crippen LogP contribution in [-0.2, 0) is 6.54 Å². The maximum absolute atomic E-state index is 3.61. The Balaban J connectivity index is 1.73.